The van der Waals surface area contributed by atoms with E-state index in [1.54, 1.807) is 18.6 Å². The minimum absolute atomic E-state index is 0.265. The van der Waals surface area contributed by atoms with Crippen LogP contribution >= 0.6 is 0 Å². The molecule has 0 amide bonds. The molecule has 3 rings (SSSR count). The van der Waals surface area contributed by atoms with Gasteiger partial charge in [0.05, 0.1) is 18.2 Å². The molecule has 2 aromatic rings. The third-order valence-electron chi connectivity index (χ3n) is 4.04. The average Bonchev–Trinajstić information content (AvgIpc) is 2.97. The topological polar surface area (TPSA) is 107 Å². The Bertz CT molecular complexity index is 621. The standard InChI is InChI=1S/C13H16N6O2/c20-12(21)13(4-2-1-3-5-13)9-19-11(16-17-18-19)10-8-14-6-7-15-10/h6-8H,1-5,9H2,(H,20,21). The van der Waals surface area contributed by atoms with Gasteiger partial charge in [0.2, 0.25) is 5.82 Å². The molecule has 1 aliphatic carbocycles. The third kappa shape index (κ3) is 2.61. The molecule has 1 fully saturated rings. The first kappa shape index (κ1) is 13.6. The lowest BCUT2D eigenvalue weighted by Crippen LogP contribution is -2.38. The van der Waals surface area contributed by atoms with Gasteiger partial charge in [-0.05, 0) is 23.3 Å². The molecule has 8 nitrogen and oxygen atoms in total. The van der Waals surface area contributed by atoms with Gasteiger partial charge in [0, 0.05) is 12.4 Å². The molecule has 0 unspecified atom stereocenters. The summed E-state index contributed by atoms with van der Waals surface area (Å²) in [7, 11) is 0. The van der Waals surface area contributed by atoms with Crippen LogP contribution in [0.4, 0.5) is 0 Å². The van der Waals surface area contributed by atoms with E-state index in [1.165, 1.54) is 4.68 Å². The highest BCUT2D eigenvalue weighted by Gasteiger charge is 2.41. The fourth-order valence-electron chi connectivity index (χ4n) is 2.86. The maximum atomic E-state index is 11.7. The zero-order chi connectivity index (χ0) is 14.7. The van der Waals surface area contributed by atoms with Crippen LogP contribution in [0.25, 0.3) is 11.5 Å². The van der Waals surface area contributed by atoms with E-state index in [9.17, 15) is 9.90 Å². The maximum Gasteiger partial charge on any atom is 0.311 e. The number of carbonyl (C=O) groups is 1. The largest absolute Gasteiger partial charge is 0.481 e. The zero-order valence-electron chi connectivity index (χ0n) is 11.5. The summed E-state index contributed by atoms with van der Waals surface area (Å²) < 4.78 is 1.53. The Kier molecular flexibility index (Phi) is 3.59. The van der Waals surface area contributed by atoms with Gasteiger partial charge in [0.25, 0.3) is 0 Å². The first-order valence-electron chi connectivity index (χ1n) is 6.97. The quantitative estimate of drug-likeness (QED) is 0.899. The number of rotatable bonds is 4. The van der Waals surface area contributed by atoms with E-state index >= 15 is 0 Å². The Hall–Kier alpha value is -2.38. The average molecular weight is 288 g/mol. The number of hydrogen-bond donors (Lipinski definition) is 1. The minimum Gasteiger partial charge on any atom is -0.481 e. The van der Waals surface area contributed by atoms with Crippen molar-refractivity contribution in [3.05, 3.63) is 18.6 Å². The summed E-state index contributed by atoms with van der Waals surface area (Å²) in [6.45, 7) is 0.265. The second-order valence-electron chi connectivity index (χ2n) is 5.40. The Morgan fingerprint density at radius 2 is 2.10 bits per heavy atom. The summed E-state index contributed by atoms with van der Waals surface area (Å²) in [5, 5.41) is 21.2. The van der Waals surface area contributed by atoms with Gasteiger partial charge >= 0.3 is 5.97 Å². The first-order valence-corrected chi connectivity index (χ1v) is 6.97. The van der Waals surface area contributed by atoms with Crippen molar-refractivity contribution in [3.8, 4) is 11.5 Å². The number of hydrogen-bond acceptors (Lipinski definition) is 6. The van der Waals surface area contributed by atoms with Gasteiger partial charge in [0.1, 0.15) is 5.69 Å². The Morgan fingerprint density at radius 1 is 1.29 bits per heavy atom. The van der Waals surface area contributed by atoms with Crippen LogP contribution in [0.15, 0.2) is 18.6 Å². The Labute approximate surface area is 121 Å². The van der Waals surface area contributed by atoms with Crippen molar-refractivity contribution in [3.63, 3.8) is 0 Å². The fraction of sp³-hybridized carbons (Fsp3) is 0.538. The lowest BCUT2D eigenvalue weighted by atomic mass is 9.74. The van der Waals surface area contributed by atoms with Crippen molar-refractivity contribution in [2.75, 3.05) is 0 Å². The summed E-state index contributed by atoms with van der Waals surface area (Å²) >= 11 is 0. The molecule has 0 atom stereocenters. The molecule has 0 radical (unpaired) electrons. The van der Waals surface area contributed by atoms with E-state index in [4.69, 9.17) is 0 Å². The minimum atomic E-state index is -0.787. The normalized spacial score (nSPS) is 17.5. The Balaban J connectivity index is 1.91. The summed E-state index contributed by atoms with van der Waals surface area (Å²) in [6, 6.07) is 0. The van der Waals surface area contributed by atoms with Crippen molar-refractivity contribution in [2.45, 2.75) is 38.6 Å². The zero-order valence-corrected chi connectivity index (χ0v) is 11.5. The van der Waals surface area contributed by atoms with Crippen LogP contribution in [0.2, 0.25) is 0 Å². The second-order valence-corrected chi connectivity index (χ2v) is 5.40. The van der Waals surface area contributed by atoms with Crippen molar-refractivity contribution in [2.24, 2.45) is 5.41 Å². The molecular weight excluding hydrogens is 272 g/mol. The van der Waals surface area contributed by atoms with Crippen LogP contribution in [0, 0.1) is 5.41 Å². The number of nitrogens with zero attached hydrogens (tertiary/aromatic N) is 6. The van der Waals surface area contributed by atoms with Gasteiger partial charge in [-0.25, -0.2) is 9.67 Å². The number of carboxylic acid groups (broad SMARTS) is 1. The number of tetrazole rings is 1. The van der Waals surface area contributed by atoms with E-state index < -0.39 is 11.4 Å². The highest BCUT2D eigenvalue weighted by Crippen LogP contribution is 2.38. The maximum absolute atomic E-state index is 11.7. The van der Waals surface area contributed by atoms with Crippen LogP contribution in [-0.4, -0.2) is 41.3 Å². The van der Waals surface area contributed by atoms with Crippen molar-refractivity contribution in [1.82, 2.24) is 30.2 Å². The lowest BCUT2D eigenvalue weighted by Gasteiger charge is -2.32. The smallest absolute Gasteiger partial charge is 0.311 e. The van der Waals surface area contributed by atoms with Crippen LogP contribution in [0.5, 0.6) is 0 Å². The lowest BCUT2D eigenvalue weighted by molar-refractivity contribution is -0.152. The van der Waals surface area contributed by atoms with Gasteiger partial charge in [-0.3, -0.25) is 9.78 Å². The molecule has 0 bridgehead atoms. The molecule has 8 heteroatoms. The van der Waals surface area contributed by atoms with Gasteiger partial charge in [-0.2, -0.15) is 0 Å². The summed E-state index contributed by atoms with van der Waals surface area (Å²) in [6.07, 6.45) is 8.94. The number of aliphatic carboxylic acids is 1. The Morgan fingerprint density at radius 3 is 2.76 bits per heavy atom. The van der Waals surface area contributed by atoms with E-state index in [1.807, 2.05) is 0 Å². The van der Waals surface area contributed by atoms with E-state index in [2.05, 4.69) is 25.5 Å². The monoisotopic (exact) mass is 288 g/mol. The number of carboxylic acids is 1. The van der Waals surface area contributed by atoms with Crippen LogP contribution in [0.3, 0.4) is 0 Å². The van der Waals surface area contributed by atoms with E-state index in [0.717, 1.165) is 19.3 Å². The van der Waals surface area contributed by atoms with Crippen molar-refractivity contribution < 1.29 is 9.90 Å². The first-order chi connectivity index (χ1) is 10.2. The predicted molar refractivity (Wildman–Crippen MR) is 72.0 cm³/mol. The second kappa shape index (κ2) is 5.55. The summed E-state index contributed by atoms with van der Waals surface area (Å²) in [5.41, 5.74) is -0.247. The third-order valence-corrected chi connectivity index (χ3v) is 4.04. The van der Waals surface area contributed by atoms with E-state index in [-0.39, 0.29) is 6.54 Å². The summed E-state index contributed by atoms with van der Waals surface area (Å²) in [5.74, 6) is -0.322. The van der Waals surface area contributed by atoms with Gasteiger partial charge in [0.15, 0.2) is 0 Å². The molecule has 1 aliphatic rings. The molecule has 0 aromatic carbocycles. The van der Waals surface area contributed by atoms with Crippen LogP contribution in [-0.2, 0) is 11.3 Å². The van der Waals surface area contributed by atoms with Crippen LogP contribution in [0.1, 0.15) is 32.1 Å². The highest BCUT2D eigenvalue weighted by atomic mass is 16.4. The molecule has 110 valence electrons. The van der Waals surface area contributed by atoms with Gasteiger partial charge < -0.3 is 5.11 Å². The molecule has 21 heavy (non-hydrogen) atoms. The molecule has 1 N–H and O–H groups in total. The summed E-state index contributed by atoms with van der Waals surface area (Å²) in [4.78, 5) is 19.9. The fourth-order valence-corrected chi connectivity index (χ4v) is 2.86. The van der Waals surface area contributed by atoms with Crippen LogP contribution < -0.4 is 0 Å². The molecular formula is C13H16N6O2. The number of aromatic nitrogens is 6. The molecule has 0 saturated heterocycles. The van der Waals surface area contributed by atoms with Crippen molar-refractivity contribution >= 4 is 5.97 Å². The highest BCUT2D eigenvalue weighted by molar-refractivity contribution is 5.74. The molecule has 2 aromatic heterocycles. The van der Waals surface area contributed by atoms with Gasteiger partial charge in [-0.15, -0.1) is 5.10 Å². The van der Waals surface area contributed by atoms with E-state index in [0.29, 0.717) is 24.4 Å². The molecule has 2 heterocycles. The molecule has 0 spiro atoms. The van der Waals surface area contributed by atoms with Gasteiger partial charge in [-0.1, -0.05) is 19.3 Å². The molecule has 1 saturated carbocycles. The predicted octanol–water partition coefficient (Wildman–Crippen LogP) is 1.17. The van der Waals surface area contributed by atoms with Crippen molar-refractivity contribution in [1.29, 1.82) is 0 Å². The SMILES string of the molecule is O=C(O)C1(Cn2nnnc2-c2cnccn2)CCCCC1. The molecule has 0 aliphatic heterocycles.